The molecule has 0 aliphatic carbocycles. The van der Waals surface area contributed by atoms with E-state index in [1.54, 1.807) is 0 Å². The maximum Gasteiger partial charge on any atom is 0.137 e. The highest BCUT2D eigenvalue weighted by atomic mass is 35.5. The van der Waals surface area contributed by atoms with Crippen LogP contribution in [0.1, 0.15) is 43.5 Å². The van der Waals surface area contributed by atoms with E-state index in [0.717, 1.165) is 50.3 Å². The predicted octanol–water partition coefficient (Wildman–Crippen LogP) is 3.63. The molecule has 0 saturated carbocycles. The van der Waals surface area contributed by atoms with Gasteiger partial charge in [-0.2, -0.15) is 0 Å². The van der Waals surface area contributed by atoms with Crippen LogP contribution in [0.4, 0.5) is 0 Å². The molecular formula is C12H16Cl2N2O. The third kappa shape index (κ3) is 3.09. The van der Waals surface area contributed by atoms with E-state index in [1.807, 2.05) is 0 Å². The molecule has 1 aliphatic rings. The lowest BCUT2D eigenvalue weighted by Gasteiger charge is -2.21. The Hall–Kier alpha value is -0.380. The van der Waals surface area contributed by atoms with Crippen LogP contribution >= 0.6 is 23.2 Å². The molecule has 94 valence electrons. The van der Waals surface area contributed by atoms with Crippen LogP contribution in [0.2, 0.25) is 10.3 Å². The third-order valence-electron chi connectivity index (χ3n) is 3.01. The zero-order valence-electron chi connectivity index (χ0n) is 9.88. The van der Waals surface area contributed by atoms with Gasteiger partial charge in [-0.15, -0.1) is 0 Å². The number of aromatic nitrogens is 2. The highest BCUT2D eigenvalue weighted by Crippen LogP contribution is 2.29. The molecule has 3 nitrogen and oxygen atoms in total. The quantitative estimate of drug-likeness (QED) is 0.790. The maximum absolute atomic E-state index is 6.17. The Kier molecular flexibility index (Phi) is 4.60. The first-order valence-electron chi connectivity index (χ1n) is 6.02. The van der Waals surface area contributed by atoms with Crippen molar-refractivity contribution in [1.82, 2.24) is 9.97 Å². The molecule has 0 bridgehead atoms. The van der Waals surface area contributed by atoms with Crippen molar-refractivity contribution in [2.45, 2.75) is 38.5 Å². The number of hydrogen-bond donors (Lipinski definition) is 0. The summed E-state index contributed by atoms with van der Waals surface area (Å²) in [5.74, 6) is 1.09. The average Bonchev–Trinajstić information content (AvgIpc) is 2.35. The van der Waals surface area contributed by atoms with Crippen molar-refractivity contribution < 1.29 is 4.74 Å². The van der Waals surface area contributed by atoms with Crippen LogP contribution in [0.5, 0.6) is 0 Å². The highest BCUT2D eigenvalue weighted by Gasteiger charge is 2.21. The molecule has 0 amide bonds. The summed E-state index contributed by atoms with van der Waals surface area (Å²) in [5, 5.41) is 1.02. The smallest absolute Gasteiger partial charge is 0.137 e. The molecule has 1 aromatic rings. The molecule has 1 aliphatic heterocycles. The minimum absolute atomic E-state index is 0.328. The monoisotopic (exact) mass is 274 g/mol. The number of nitrogens with zero attached hydrogens (tertiary/aromatic N) is 2. The minimum atomic E-state index is 0.328. The second-order valence-corrected chi connectivity index (χ2v) is 4.99. The second kappa shape index (κ2) is 5.98. The summed E-state index contributed by atoms with van der Waals surface area (Å²) in [6.45, 7) is 3.61. The molecule has 5 heteroatoms. The fourth-order valence-corrected chi connectivity index (χ4v) is 2.63. The largest absolute Gasteiger partial charge is 0.381 e. The Labute approximate surface area is 112 Å². The van der Waals surface area contributed by atoms with Crippen LogP contribution in [0, 0.1) is 0 Å². The number of hydrogen-bond acceptors (Lipinski definition) is 3. The molecule has 0 radical (unpaired) electrons. The van der Waals surface area contributed by atoms with Crippen molar-refractivity contribution in [1.29, 1.82) is 0 Å². The summed E-state index contributed by atoms with van der Waals surface area (Å²) in [4.78, 5) is 8.78. The van der Waals surface area contributed by atoms with Crippen LogP contribution in [-0.4, -0.2) is 23.2 Å². The van der Waals surface area contributed by atoms with Gasteiger partial charge in [-0.25, -0.2) is 9.97 Å². The van der Waals surface area contributed by atoms with E-state index in [0.29, 0.717) is 16.2 Å². The third-order valence-corrected chi connectivity index (χ3v) is 3.64. The summed E-state index contributed by atoms with van der Waals surface area (Å²) in [5.41, 5.74) is 0.867. The Morgan fingerprint density at radius 3 is 2.29 bits per heavy atom. The fraction of sp³-hybridized carbons (Fsp3) is 0.667. The Morgan fingerprint density at radius 2 is 1.76 bits per heavy atom. The van der Waals surface area contributed by atoms with Crippen molar-refractivity contribution in [2.24, 2.45) is 0 Å². The SMILES string of the molecule is CCCc1c(Cl)nc(C2CCOCC2)nc1Cl. The van der Waals surface area contributed by atoms with E-state index in [1.165, 1.54) is 0 Å². The van der Waals surface area contributed by atoms with Crippen LogP contribution in [0.15, 0.2) is 0 Å². The van der Waals surface area contributed by atoms with Crippen LogP contribution < -0.4 is 0 Å². The molecule has 0 atom stereocenters. The first-order chi connectivity index (χ1) is 8.22. The molecular weight excluding hydrogens is 259 g/mol. The summed E-state index contributed by atoms with van der Waals surface area (Å²) in [6, 6.07) is 0. The molecule has 0 unspecified atom stereocenters. The zero-order chi connectivity index (χ0) is 12.3. The van der Waals surface area contributed by atoms with Crippen LogP contribution in [0.3, 0.4) is 0 Å². The lowest BCUT2D eigenvalue weighted by atomic mass is 9.99. The number of rotatable bonds is 3. The molecule has 0 spiro atoms. The fourth-order valence-electron chi connectivity index (χ4n) is 2.04. The van der Waals surface area contributed by atoms with E-state index >= 15 is 0 Å². The zero-order valence-corrected chi connectivity index (χ0v) is 11.4. The van der Waals surface area contributed by atoms with Gasteiger partial charge in [0.1, 0.15) is 16.1 Å². The van der Waals surface area contributed by atoms with Crippen molar-refractivity contribution in [3.05, 3.63) is 21.7 Å². The van der Waals surface area contributed by atoms with Gasteiger partial charge in [0.05, 0.1) is 0 Å². The molecule has 1 saturated heterocycles. The molecule has 2 heterocycles. The summed E-state index contributed by atoms with van der Waals surface area (Å²) < 4.78 is 5.32. The Balaban J connectivity index is 2.24. The lowest BCUT2D eigenvalue weighted by Crippen LogP contribution is -2.17. The van der Waals surface area contributed by atoms with E-state index in [-0.39, 0.29) is 0 Å². The van der Waals surface area contributed by atoms with Crippen molar-refractivity contribution in [3.8, 4) is 0 Å². The first-order valence-corrected chi connectivity index (χ1v) is 6.77. The van der Waals surface area contributed by atoms with Gasteiger partial charge in [0, 0.05) is 24.7 Å². The van der Waals surface area contributed by atoms with E-state index in [2.05, 4.69) is 16.9 Å². The number of ether oxygens (including phenoxy) is 1. The van der Waals surface area contributed by atoms with E-state index in [9.17, 15) is 0 Å². The van der Waals surface area contributed by atoms with Gasteiger partial charge < -0.3 is 4.74 Å². The van der Waals surface area contributed by atoms with Gasteiger partial charge in [-0.3, -0.25) is 0 Å². The average molecular weight is 275 g/mol. The molecule has 0 N–H and O–H groups in total. The van der Waals surface area contributed by atoms with Gasteiger partial charge in [0.15, 0.2) is 0 Å². The van der Waals surface area contributed by atoms with Crippen molar-refractivity contribution >= 4 is 23.2 Å². The van der Waals surface area contributed by atoms with Gasteiger partial charge >= 0.3 is 0 Å². The van der Waals surface area contributed by atoms with E-state index < -0.39 is 0 Å². The summed E-state index contributed by atoms with van der Waals surface area (Å²) in [6.07, 6.45) is 3.70. The topological polar surface area (TPSA) is 35.0 Å². The second-order valence-electron chi connectivity index (χ2n) is 4.28. The first kappa shape index (κ1) is 13.1. The van der Waals surface area contributed by atoms with Crippen LogP contribution in [0.25, 0.3) is 0 Å². The maximum atomic E-state index is 6.17. The molecule has 2 rings (SSSR count). The standard InChI is InChI=1S/C12H16Cl2N2O/c1-2-3-9-10(13)15-12(16-11(9)14)8-4-6-17-7-5-8/h8H,2-7H2,1H3. The summed E-state index contributed by atoms with van der Waals surface area (Å²) in [7, 11) is 0. The van der Waals surface area contributed by atoms with E-state index in [4.69, 9.17) is 27.9 Å². The molecule has 1 fully saturated rings. The Morgan fingerprint density at radius 1 is 1.18 bits per heavy atom. The van der Waals surface area contributed by atoms with Gasteiger partial charge in [-0.1, -0.05) is 36.5 Å². The lowest BCUT2D eigenvalue weighted by molar-refractivity contribution is 0.0836. The van der Waals surface area contributed by atoms with Crippen molar-refractivity contribution in [2.75, 3.05) is 13.2 Å². The van der Waals surface area contributed by atoms with Gasteiger partial charge in [-0.05, 0) is 19.3 Å². The predicted molar refractivity (Wildman–Crippen MR) is 68.8 cm³/mol. The molecule has 1 aromatic heterocycles. The summed E-state index contributed by atoms with van der Waals surface area (Å²) >= 11 is 12.3. The Bertz CT molecular complexity index is 369. The molecule has 17 heavy (non-hydrogen) atoms. The van der Waals surface area contributed by atoms with Crippen molar-refractivity contribution in [3.63, 3.8) is 0 Å². The highest BCUT2D eigenvalue weighted by molar-refractivity contribution is 6.34. The minimum Gasteiger partial charge on any atom is -0.381 e. The normalized spacial score (nSPS) is 17.4. The van der Waals surface area contributed by atoms with Gasteiger partial charge in [0.25, 0.3) is 0 Å². The van der Waals surface area contributed by atoms with Crippen LogP contribution in [-0.2, 0) is 11.2 Å². The van der Waals surface area contributed by atoms with Gasteiger partial charge in [0.2, 0.25) is 0 Å². The molecule has 0 aromatic carbocycles. The number of halogens is 2.